The highest BCUT2D eigenvalue weighted by atomic mass is 16.6. The molecule has 4 nitrogen and oxygen atoms in total. The average Bonchev–Trinajstić information content (AvgIpc) is 1.87. The second-order valence-electron chi connectivity index (χ2n) is 2.18. The first kappa shape index (κ1) is 9.39. The van der Waals surface area contributed by atoms with Crippen LogP contribution < -0.4 is 11.2 Å². The van der Waals surface area contributed by atoms with Crippen LogP contribution in [-0.2, 0) is 9.63 Å². The zero-order valence-corrected chi connectivity index (χ0v) is 6.39. The average molecular weight is 146 g/mol. The maximum Gasteiger partial charge on any atom is 0.245 e. The van der Waals surface area contributed by atoms with Gasteiger partial charge < -0.3 is 5.73 Å². The van der Waals surface area contributed by atoms with Crippen LogP contribution in [0.3, 0.4) is 0 Å². The van der Waals surface area contributed by atoms with E-state index in [-0.39, 0.29) is 12.6 Å². The number of primary amides is 1. The lowest BCUT2D eigenvalue weighted by Gasteiger charge is -2.09. The van der Waals surface area contributed by atoms with E-state index in [4.69, 9.17) is 10.6 Å². The quantitative estimate of drug-likeness (QED) is 0.527. The Morgan fingerprint density at radius 2 is 2.40 bits per heavy atom. The van der Waals surface area contributed by atoms with Gasteiger partial charge in [-0.2, -0.15) is 5.48 Å². The van der Waals surface area contributed by atoms with Crippen LogP contribution in [0, 0.1) is 0 Å². The van der Waals surface area contributed by atoms with Crippen molar-refractivity contribution in [3.63, 3.8) is 0 Å². The van der Waals surface area contributed by atoms with E-state index >= 15 is 0 Å². The van der Waals surface area contributed by atoms with E-state index in [0.717, 1.165) is 6.42 Å². The Hall–Kier alpha value is -0.610. The first-order valence-electron chi connectivity index (χ1n) is 3.32. The number of rotatable bonds is 5. The number of nitrogens with one attached hydrogen (secondary N) is 1. The molecule has 0 aromatic heterocycles. The largest absolute Gasteiger partial charge is 0.368 e. The lowest BCUT2D eigenvalue weighted by atomic mass is 10.3. The van der Waals surface area contributed by atoms with Gasteiger partial charge in [0.05, 0.1) is 0 Å². The molecular weight excluding hydrogens is 132 g/mol. The van der Waals surface area contributed by atoms with Crippen molar-refractivity contribution >= 4 is 5.91 Å². The normalized spacial score (nSPS) is 13.0. The molecular formula is C6H14N2O2. The second-order valence-corrected chi connectivity index (χ2v) is 2.18. The molecule has 10 heavy (non-hydrogen) atoms. The number of hydrogen-bond acceptors (Lipinski definition) is 3. The molecule has 0 aliphatic rings. The Morgan fingerprint density at radius 1 is 1.80 bits per heavy atom. The number of hydrogen-bond donors (Lipinski definition) is 2. The summed E-state index contributed by atoms with van der Waals surface area (Å²) in [6.45, 7) is 3.91. The number of amides is 1. The Balaban J connectivity index is 3.11. The van der Waals surface area contributed by atoms with Crippen LogP contribution in [0.2, 0.25) is 0 Å². The van der Waals surface area contributed by atoms with Crippen LogP contribution in [0.1, 0.15) is 20.3 Å². The van der Waals surface area contributed by atoms with E-state index in [1.54, 1.807) is 0 Å². The van der Waals surface area contributed by atoms with Crippen LogP contribution in [0.5, 0.6) is 0 Å². The summed E-state index contributed by atoms with van der Waals surface area (Å²) in [6, 6.07) is 0.263. The highest BCUT2D eigenvalue weighted by molar-refractivity contribution is 5.74. The fraction of sp³-hybridized carbons (Fsp3) is 0.833. The van der Waals surface area contributed by atoms with Crippen LogP contribution in [-0.4, -0.2) is 18.6 Å². The first-order chi connectivity index (χ1) is 4.66. The minimum Gasteiger partial charge on any atom is -0.368 e. The highest BCUT2D eigenvalue weighted by Gasteiger charge is 1.97. The van der Waals surface area contributed by atoms with E-state index in [2.05, 4.69) is 5.48 Å². The fourth-order valence-corrected chi connectivity index (χ4v) is 0.338. The van der Waals surface area contributed by atoms with Crippen molar-refractivity contribution in [1.29, 1.82) is 0 Å². The summed E-state index contributed by atoms with van der Waals surface area (Å²) in [4.78, 5) is 14.8. The molecule has 0 saturated heterocycles. The molecule has 0 rings (SSSR count). The van der Waals surface area contributed by atoms with Gasteiger partial charge in [0.1, 0.15) is 6.61 Å². The molecule has 4 heteroatoms. The van der Waals surface area contributed by atoms with Gasteiger partial charge in [0, 0.05) is 6.04 Å². The van der Waals surface area contributed by atoms with Crippen LogP contribution in [0.15, 0.2) is 0 Å². The van der Waals surface area contributed by atoms with E-state index in [1.807, 2.05) is 13.8 Å². The molecule has 0 saturated carbocycles. The molecule has 1 atom stereocenters. The number of carbonyl (C=O) groups excluding carboxylic acids is 1. The summed E-state index contributed by atoms with van der Waals surface area (Å²) in [5.74, 6) is -0.462. The number of hydroxylamine groups is 1. The van der Waals surface area contributed by atoms with Crippen molar-refractivity contribution in [2.75, 3.05) is 6.61 Å². The van der Waals surface area contributed by atoms with Gasteiger partial charge in [-0.1, -0.05) is 6.92 Å². The standard InChI is InChI=1S/C6H14N2O2/c1-3-5(2)8-10-4-6(7)9/h5,8H,3-4H2,1-2H3,(H2,7,9). The lowest BCUT2D eigenvalue weighted by Crippen LogP contribution is -2.30. The van der Waals surface area contributed by atoms with Gasteiger partial charge in [-0.25, -0.2) is 0 Å². The minimum atomic E-state index is -0.462. The van der Waals surface area contributed by atoms with Crippen molar-refractivity contribution in [2.24, 2.45) is 5.73 Å². The summed E-state index contributed by atoms with van der Waals surface area (Å²) in [7, 11) is 0. The topological polar surface area (TPSA) is 64.3 Å². The summed E-state index contributed by atoms with van der Waals surface area (Å²) < 4.78 is 0. The Kier molecular flexibility index (Phi) is 4.88. The summed E-state index contributed by atoms with van der Waals surface area (Å²) in [5, 5.41) is 0. The van der Waals surface area contributed by atoms with E-state index in [0.29, 0.717) is 0 Å². The van der Waals surface area contributed by atoms with Gasteiger partial charge in [0.25, 0.3) is 0 Å². The third-order valence-electron chi connectivity index (χ3n) is 1.11. The smallest absolute Gasteiger partial charge is 0.245 e. The van der Waals surface area contributed by atoms with Crippen LogP contribution in [0.4, 0.5) is 0 Å². The molecule has 1 amide bonds. The second kappa shape index (κ2) is 5.20. The van der Waals surface area contributed by atoms with Crippen molar-refractivity contribution < 1.29 is 9.63 Å². The zero-order chi connectivity index (χ0) is 7.98. The summed E-state index contributed by atoms with van der Waals surface area (Å²) in [6.07, 6.45) is 0.957. The third-order valence-corrected chi connectivity index (χ3v) is 1.11. The maximum absolute atomic E-state index is 10.1. The van der Waals surface area contributed by atoms with E-state index in [9.17, 15) is 4.79 Å². The molecule has 0 aromatic carbocycles. The van der Waals surface area contributed by atoms with E-state index < -0.39 is 5.91 Å². The number of carbonyl (C=O) groups is 1. The van der Waals surface area contributed by atoms with Crippen molar-refractivity contribution in [3.05, 3.63) is 0 Å². The molecule has 60 valence electrons. The molecule has 1 unspecified atom stereocenters. The predicted octanol–water partition coefficient (Wildman–Crippen LogP) is -0.209. The Labute approximate surface area is 60.7 Å². The number of nitrogens with two attached hydrogens (primary N) is 1. The molecule has 0 bridgehead atoms. The van der Waals surface area contributed by atoms with Crippen LogP contribution >= 0.6 is 0 Å². The summed E-state index contributed by atoms with van der Waals surface area (Å²) >= 11 is 0. The van der Waals surface area contributed by atoms with Gasteiger partial charge in [-0.15, -0.1) is 0 Å². The van der Waals surface area contributed by atoms with Gasteiger partial charge in [-0.05, 0) is 13.3 Å². The molecule has 0 fully saturated rings. The third kappa shape index (κ3) is 5.53. The monoisotopic (exact) mass is 146 g/mol. The van der Waals surface area contributed by atoms with Crippen molar-refractivity contribution in [2.45, 2.75) is 26.3 Å². The SMILES string of the molecule is CCC(C)NOCC(N)=O. The molecule has 0 radical (unpaired) electrons. The van der Waals surface area contributed by atoms with Crippen molar-refractivity contribution in [1.82, 2.24) is 5.48 Å². The molecule has 0 aliphatic carbocycles. The predicted molar refractivity (Wildman–Crippen MR) is 38.0 cm³/mol. The highest BCUT2D eigenvalue weighted by Crippen LogP contribution is 1.86. The lowest BCUT2D eigenvalue weighted by molar-refractivity contribution is -0.125. The van der Waals surface area contributed by atoms with Gasteiger partial charge in [0.15, 0.2) is 0 Å². The van der Waals surface area contributed by atoms with Crippen LogP contribution in [0.25, 0.3) is 0 Å². The Morgan fingerprint density at radius 3 is 2.80 bits per heavy atom. The Bertz CT molecular complexity index is 106. The zero-order valence-electron chi connectivity index (χ0n) is 6.39. The van der Waals surface area contributed by atoms with Gasteiger partial charge >= 0.3 is 0 Å². The van der Waals surface area contributed by atoms with Gasteiger partial charge in [0.2, 0.25) is 5.91 Å². The molecule has 0 heterocycles. The molecule has 0 spiro atoms. The van der Waals surface area contributed by atoms with Gasteiger partial charge in [-0.3, -0.25) is 9.63 Å². The molecule has 0 aliphatic heterocycles. The molecule has 0 aromatic rings. The fourth-order valence-electron chi connectivity index (χ4n) is 0.338. The van der Waals surface area contributed by atoms with E-state index in [1.165, 1.54) is 0 Å². The maximum atomic E-state index is 10.1. The first-order valence-corrected chi connectivity index (χ1v) is 3.32. The summed E-state index contributed by atoms with van der Waals surface area (Å²) in [5.41, 5.74) is 7.48. The van der Waals surface area contributed by atoms with Crippen molar-refractivity contribution in [3.8, 4) is 0 Å². The molecule has 3 N–H and O–H groups in total. The minimum absolute atomic E-state index is 0.0651.